The van der Waals surface area contributed by atoms with Crippen LogP contribution in [0.15, 0.2) is 0 Å². The van der Waals surface area contributed by atoms with Gasteiger partial charge in [-0.15, -0.1) is 0 Å². The largest absolute Gasteiger partial charge is 0.465 e. The monoisotopic (exact) mass is 359 g/mol. The fourth-order valence-electron chi connectivity index (χ4n) is 3.38. The van der Waals surface area contributed by atoms with Crippen LogP contribution < -0.4 is 10.2 Å². The Kier molecular flexibility index (Phi) is 4.45. The number of anilines is 1. The summed E-state index contributed by atoms with van der Waals surface area (Å²) in [5.74, 6) is 0.707. The Morgan fingerprint density at radius 3 is 2.40 bits per heavy atom. The van der Waals surface area contributed by atoms with Gasteiger partial charge in [-0.3, -0.25) is 0 Å². The predicted molar refractivity (Wildman–Crippen MR) is 91.7 cm³/mol. The van der Waals surface area contributed by atoms with Gasteiger partial charge in [-0.05, 0) is 44.1 Å². The molecule has 1 aromatic rings. The second-order valence-electron chi connectivity index (χ2n) is 6.87. The Morgan fingerprint density at radius 1 is 1.32 bits per heavy atom. The third-order valence-electron chi connectivity index (χ3n) is 4.96. The number of amides is 1. The van der Waals surface area contributed by atoms with E-state index in [9.17, 15) is 15.3 Å². The molecule has 1 aliphatic heterocycles. The van der Waals surface area contributed by atoms with Crippen molar-refractivity contribution in [2.24, 2.45) is 0 Å². The summed E-state index contributed by atoms with van der Waals surface area (Å²) in [6, 6.07) is 4.30. The fraction of sp³-hybridized carbons (Fsp3) is 0.529. The van der Waals surface area contributed by atoms with Crippen LogP contribution in [0.3, 0.4) is 0 Å². The molecule has 1 saturated carbocycles. The second kappa shape index (κ2) is 6.42. The van der Waals surface area contributed by atoms with Gasteiger partial charge in [0.2, 0.25) is 0 Å². The van der Waals surface area contributed by atoms with Crippen LogP contribution in [0.1, 0.15) is 55.2 Å². The molecule has 2 fully saturated rings. The second-order valence-corrected chi connectivity index (χ2v) is 7.22. The van der Waals surface area contributed by atoms with Crippen molar-refractivity contribution in [1.29, 1.82) is 10.5 Å². The average Bonchev–Trinajstić information content (AvgIpc) is 3.38. The van der Waals surface area contributed by atoms with Crippen molar-refractivity contribution in [2.45, 2.75) is 44.1 Å². The number of carboxylic acid groups (broad SMARTS) is 1. The van der Waals surface area contributed by atoms with Gasteiger partial charge < -0.3 is 15.3 Å². The fourth-order valence-corrected chi connectivity index (χ4v) is 3.61. The number of nitrogens with one attached hydrogen (secondary N) is 1. The molecule has 1 saturated heterocycles. The molecule has 2 N–H and O–H groups in total. The average molecular weight is 360 g/mol. The van der Waals surface area contributed by atoms with Crippen LogP contribution in [0.4, 0.5) is 10.6 Å². The van der Waals surface area contributed by atoms with Gasteiger partial charge in [-0.2, -0.15) is 10.5 Å². The minimum atomic E-state index is -1.04. The summed E-state index contributed by atoms with van der Waals surface area (Å²) in [6.45, 7) is 2.99. The van der Waals surface area contributed by atoms with Gasteiger partial charge in [-0.1, -0.05) is 11.6 Å². The molecule has 1 amide bonds. The van der Waals surface area contributed by atoms with Crippen LogP contribution in [-0.2, 0) is 0 Å². The van der Waals surface area contributed by atoms with E-state index in [1.54, 1.807) is 0 Å². The van der Waals surface area contributed by atoms with Crippen molar-refractivity contribution in [1.82, 2.24) is 10.3 Å². The van der Waals surface area contributed by atoms with Gasteiger partial charge in [0.05, 0.1) is 11.1 Å². The molecule has 0 aromatic carbocycles. The molecule has 2 aliphatic rings. The quantitative estimate of drug-likeness (QED) is 0.802. The lowest BCUT2D eigenvalue weighted by atomic mass is 9.89. The van der Waals surface area contributed by atoms with Crippen molar-refractivity contribution in [3.05, 3.63) is 21.8 Å². The highest BCUT2D eigenvalue weighted by molar-refractivity contribution is 6.30. The Balaban J connectivity index is 1.93. The maximum Gasteiger partial charge on any atom is 0.405 e. The van der Waals surface area contributed by atoms with Crippen LogP contribution in [-0.4, -0.2) is 34.8 Å². The number of halogens is 1. The molecule has 0 unspecified atom stereocenters. The SMILES string of the molecule is CC1(NC(=O)O)CCN(c2nc(Cl)c(C#N)c(C3CC3)c2C#N)CC1. The van der Waals surface area contributed by atoms with Gasteiger partial charge in [0.15, 0.2) is 0 Å². The summed E-state index contributed by atoms with van der Waals surface area (Å²) in [4.78, 5) is 17.2. The van der Waals surface area contributed by atoms with Gasteiger partial charge >= 0.3 is 6.09 Å². The highest BCUT2D eigenvalue weighted by Gasteiger charge is 2.36. The number of aromatic nitrogens is 1. The lowest BCUT2D eigenvalue weighted by Gasteiger charge is -2.40. The Bertz CT molecular complexity index is 799. The normalized spacial score (nSPS) is 19.0. The van der Waals surface area contributed by atoms with E-state index in [-0.39, 0.29) is 11.1 Å². The van der Waals surface area contributed by atoms with E-state index in [2.05, 4.69) is 22.4 Å². The number of carbonyl (C=O) groups is 1. The molecule has 0 atom stereocenters. The van der Waals surface area contributed by atoms with Crippen LogP contribution in [0.2, 0.25) is 5.15 Å². The zero-order chi connectivity index (χ0) is 18.2. The third kappa shape index (κ3) is 3.33. The van der Waals surface area contributed by atoms with Crippen molar-refractivity contribution in [3.63, 3.8) is 0 Å². The first-order valence-electron chi connectivity index (χ1n) is 8.18. The zero-order valence-electron chi connectivity index (χ0n) is 13.8. The van der Waals surface area contributed by atoms with E-state index in [1.807, 2.05) is 11.8 Å². The van der Waals surface area contributed by atoms with Gasteiger partial charge in [0.1, 0.15) is 23.1 Å². The van der Waals surface area contributed by atoms with Crippen molar-refractivity contribution >= 4 is 23.5 Å². The van der Waals surface area contributed by atoms with Crippen molar-refractivity contribution in [3.8, 4) is 12.1 Å². The Labute approximate surface area is 150 Å². The highest BCUT2D eigenvalue weighted by Crippen LogP contribution is 2.46. The molecule has 130 valence electrons. The van der Waals surface area contributed by atoms with E-state index in [1.165, 1.54) is 0 Å². The molecule has 1 aromatic heterocycles. The summed E-state index contributed by atoms with van der Waals surface area (Å²) >= 11 is 6.22. The first-order chi connectivity index (χ1) is 11.9. The molecule has 25 heavy (non-hydrogen) atoms. The Morgan fingerprint density at radius 2 is 1.92 bits per heavy atom. The molecule has 7 nitrogen and oxygen atoms in total. The number of hydrogen-bond donors (Lipinski definition) is 2. The van der Waals surface area contributed by atoms with E-state index in [0.29, 0.717) is 42.9 Å². The van der Waals surface area contributed by atoms with E-state index >= 15 is 0 Å². The Hall–Kier alpha value is -2.51. The van der Waals surface area contributed by atoms with Crippen molar-refractivity contribution in [2.75, 3.05) is 18.0 Å². The molecule has 2 heterocycles. The molecule has 3 rings (SSSR count). The van der Waals surface area contributed by atoms with E-state index in [4.69, 9.17) is 16.7 Å². The maximum absolute atomic E-state index is 10.9. The predicted octanol–water partition coefficient (Wildman–Crippen LogP) is 2.98. The summed E-state index contributed by atoms with van der Waals surface area (Å²) < 4.78 is 0. The molecular weight excluding hydrogens is 342 g/mol. The van der Waals surface area contributed by atoms with E-state index < -0.39 is 11.6 Å². The minimum Gasteiger partial charge on any atom is -0.465 e. The first-order valence-corrected chi connectivity index (χ1v) is 8.56. The third-order valence-corrected chi connectivity index (χ3v) is 5.23. The lowest BCUT2D eigenvalue weighted by Crippen LogP contribution is -2.53. The van der Waals surface area contributed by atoms with Gasteiger partial charge in [0.25, 0.3) is 0 Å². The van der Waals surface area contributed by atoms with Gasteiger partial charge in [0, 0.05) is 18.6 Å². The van der Waals surface area contributed by atoms with Crippen LogP contribution in [0.25, 0.3) is 0 Å². The number of nitriles is 2. The summed E-state index contributed by atoms with van der Waals surface area (Å²) in [7, 11) is 0. The number of rotatable bonds is 3. The first kappa shape index (κ1) is 17.3. The van der Waals surface area contributed by atoms with Crippen LogP contribution in [0, 0.1) is 22.7 Å². The topological polar surface area (TPSA) is 113 Å². The number of pyridine rings is 1. The smallest absolute Gasteiger partial charge is 0.405 e. The number of hydrogen-bond acceptors (Lipinski definition) is 5. The molecule has 8 heteroatoms. The van der Waals surface area contributed by atoms with Crippen molar-refractivity contribution < 1.29 is 9.90 Å². The zero-order valence-corrected chi connectivity index (χ0v) is 14.6. The lowest BCUT2D eigenvalue weighted by molar-refractivity contribution is 0.173. The van der Waals surface area contributed by atoms with Crippen LogP contribution in [0.5, 0.6) is 0 Å². The molecule has 0 spiro atoms. The summed E-state index contributed by atoms with van der Waals surface area (Å²) in [6.07, 6.45) is 2.06. The molecule has 1 aliphatic carbocycles. The molecule has 0 radical (unpaired) electrons. The summed E-state index contributed by atoms with van der Waals surface area (Å²) in [5, 5.41) is 30.7. The van der Waals surface area contributed by atoms with Gasteiger partial charge in [-0.25, -0.2) is 9.78 Å². The number of nitrogens with zero attached hydrogens (tertiary/aromatic N) is 4. The maximum atomic E-state index is 10.9. The highest BCUT2D eigenvalue weighted by atomic mass is 35.5. The van der Waals surface area contributed by atoms with E-state index in [0.717, 1.165) is 18.4 Å². The minimum absolute atomic E-state index is 0.135. The number of piperidine rings is 1. The summed E-state index contributed by atoms with van der Waals surface area (Å²) in [5.41, 5.74) is 0.958. The van der Waals surface area contributed by atoms with Crippen LogP contribution >= 0.6 is 11.6 Å². The standard InChI is InChI=1S/C17H18ClN5O2/c1-17(22-16(24)25)4-6-23(7-5-17)15-12(9-20)13(10-2-3-10)11(8-19)14(18)21-15/h10,22H,2-7H2,1H3,(H,24,25). The molecular formula is C17H18ClN5O2. The molecule has 0 bridgehead atoms.